The molecule has 11 heavy (non-hydrogen) atoms. The number of aliphatic hydroxyl groups is 1. The summed E-state index contributed by atoms with van der Waals surface area (Å²) in [5.74, 6) is 0. The maximum Gasteiger partial charge on any atom is 0.276 e. The average molecular weight is 180 g/mol. The van der Waals surface area contributed by atoms with Crippen LogP contribution in [0.25, 0.3) is 0 Å². The van der Waals surface area contributed by atoms with E-state index < -0.39 is 10.2 Å². The second-order valence-corrected chi connectivity index (χ2v) is 4.30. The molecule has 0 unspecified atom stereocenters. The fourth-order valence-corrected chi connectivity index (χ4v) is 1.71. The minimum atomic E-state index is -3.31. The first-order chi connectivity index (χ1) is 5.03. The fourth-order valence-electron chi connectivity index (χ4n) is 0.962. The summed E-state index contributed by atoms with van der Waals surface area (Å²) in [5.41, 5.74) is 0. The van der Waals surface area contributed by atoms with Crippen LogP contribution in [0, 0.1) is 0 Å². The number of aliphatic hydroxyl groups excluding tert-OH is 1. The predicted molar refractivity (Wildman–Crippen MR) is 40.1 cm³/mol. The number of rotatable bonds is 3. The Balaban J connectivity index is 2.33. The van der Waals surface area contributed by atoms with Crippen LogP contribution in [0.15, 0.2) is 0 Å². The van der Waals surface area contributed by atoms with Gasteiger partial charge in [-0.05, 0) is 12.8 Å². The number of hydrogen-bond donors (Lipinski definition) is 3. The van der Waals surface area contributed by atoms with Crippen LogP contribution in [0.3, 0.4) is 0 Å². The molecular formula is C5H12N2O3S. The van der Waals surface area contributed by atoms with Crippen molar-refractivity contribution in [3.63, 3.8) is 0 Å². The average Bonchev–Trinajstić information content (AvgIpc) is 1.84. The van der Waals surface area contributed by atoms with E-state index in [1.807, 2.05) is 0 Å². The minimum Gasteiger partial charge on any atom is -0.393 e. The molecule has 0 heterocycles. The van der Waals surface area contributed by atoms with E-state index in [2.05, 4.69) is 9.44 Å². The van der Waals surface area contributed by atoms with Gasteiger partial charge in [0, 0.05) is 13.1 Å². The van der Waals surface area contributed by atoms with Crippen LogP contribution in [0.4, 0.5) is 0 Å². The molecule has 0 radical (unpaired) electrons. The van der Waals surface area contributed by atoms with Crippen molar-refractivity contribution in [2.24, 2.45) is 0 Å². The number of hydrogen-bond acceptors (Lipinski definition) is 3. The van der Waals surface area contributed by atoms with Gasteiger partial charge >= 0.3 is 0 Å². The van der Waals surface area contributed by atoms with Gasteiger partial charge in [-0.25, -0.2) is 4.72 Å². The molecule has 6 heteroatoms. The monoisotopic (exact) mass is 180 g/mol. The SMILES string of the molecule is CNS(=O)(=O)NC1CC(O)C1. The lowest BCUT2D eigenvalue weighted by molar-refractivity contribution is 0.0711. The topological polar surface area (TPSA) is 78.4 Å². The van der Waals surface area contributed by atoms with Crippen molar-refractivity contribution >= 4 is 10.2 Å². The van der Waals surface area contributed by atoms with Crippen LogP contribution < -0.4 is 9.44 Å². The molecule has 1 saturated carbocycles. The number of nitrogens with one attached hydrogen (secondary N) is 2. The first-order valence-corrected chi connectivity index (χ1v) is 4.90. The lowest BCUT2D eigenvalue weighted by Crippen LogP contribution is -2.49. The second-order valence-electron chi connectivity index (χ2n) is 2.65. The van der Waals surface area contributed by atoms with E-state index in [0.717, 1.165) is 0 Å². The lowest BCUT2D eigenvalue weighted by atomic mass is 9.91. The van der Waals surface area contributed by atoms with E-state index >= 15 is 0 Å². The van der Waals surface area contributed by atoms with E-state index in [-0.39, 0.29) is 12.1 Å². The van der Waals surface area contributed by atoms with Gasteiger partial charge in [0.25, 0.3) is 10.2 Å². The van der Waals surface area contributed by atoms with Gasteiger partial charge in [0.15, 0.2) is 0 Å². The van der Waals surface area contributed by atoms with Crippen LogP contribution in [-0.4, -0.2) is 32.7 Å². The zero-order chi connectivity index (χ0) is 8.48. The van der Waals surface area contributed by atoms with Gasteiger partial charge in [-0.3, -0.25) is 0 Å². The molecule has 0 aromatic carbocycles. The quantitative estimate of drug-likeness (QED) is 0.498. The molecule has 0 bridgehead atoms. The third kappa shape index (κ3) is 2.41. The molecule has 66 valence electrons. The summed E-state index contributed by atoms with van der Waals surface area (Å²) in [4.78, 5) is 0. The van der Waals surface area contributed by atoms with Crippen LogP contribution >= 0.6 is 0 Å². The van der Waals surface area contributed by atoms with Gasteiger partial charge in [0.1, 0.15) is 0 Å². The first kappa shape index (κ1) is 8.92. The molecule has 0 atom stereocenters. The van der Waals surface area contributed by atoms with Gasteiger partial charge in [-0.2, -0.15) is 13.1 Å². The highest BCUT2D eigenvalue weighted by atomic mass is 32.2. The maximum atomic E-state index is 10.8. The highest BCUT2D eigenvalue weighted by molar-refractivity contribution is 7.87. The van der Waals surface area contributed by atoms with E-state index in [1.165, 1.54) is 7.05 Å². The normalized spacial score (nSPS) is 31.5. The van der Waals surface area contributed by atoms with Crippen molar-refractivity contribution in [3.05, 3.63) is 0 Å². The molecule has 1 rings (SSSR count). The van der Waals surface area contributed by atoms with Gasteiger partial charge < -0.3 is 5.11 Å². The second kappa shape index (κ2) is 3.06. The summed E-state index contributed by atoms with van der Waals surface area (Å²) in [6.07, 6.45) is 0.696. The van der Waals surface area contributed by atoms with Crippen molar-refractivity contribution in [2.45, 2.75) is 25.0 Å². The van der Waals surface area contributed by atoms with Crippen molar-refractivity contribution in [3.8, 4) is 0 Å². The Morgan fingerprint density at radius 1 is 1.45 bits per heavy atom. The summed E-state index contributed by atoms with van der Waals surface area (Å²) in [6, 6.07) is -0.0950. The molecule has 5 nitrogen and oxygen atoms in total. The molecule has 0 aliphatic heterocycles. The molecule has 3 N–H and O–H groups in total. The fraction of sp³-hybridized carbons (Fsp3) is 1.00. The zero-order valence-electron chi connectivity index (χ0n) is 6.24. The molecular weight excluding hydrogens is 168 g/mol. The molecule has 1 aliphatic carbocycles. The predicted octanol–water partition coefficient (Wildman–Crippen LogP) is -1.44. The van der Waals surface area contributed by atoms with Crippen LogP contribution in [0.2, 0.25) is 0 Å². The zero-order valence-corrected chi connectivity index (χ0v) is 7.06. The summed E-state index contributed by atoms with van der Waals surface area (Å²) in [7, 11) is -1.97. The van der Waals surface area contributed by atoms with E-state index in [0.29, 0.717) is 12.8 Å². The van der Waals surface area contributed by atoms with Crippen molar-refractivity contribution in [2.75, 3.05) is 7.05 Å². The molecule has 0 spiro atoms. The third-order valence-electron chi connectivity index (χ3n) is 1.70. The van der Waals surface area contributed by atoms with E-state index in [9.17, 15) is 8.42 Å². The molecule has 0 aromatic heterocycles. The summed E-state index contributed by atoms with van der Waals surface area (Å²) in [6.45, 7) is 0. The van der Waals surface area contributed by atoms with Crippen LogP contribution in [0.1, 0.15) is 12.8 Å². The Kier molecular flexibility index (Phi) is 2.48. The Bertz CT molecular complexity index is 220. The Hall–Kier alpha value is -0.170. The molecule has 1 fully saturated rings. The maximum absolute atomic E-state index is 10.8. The highest BCUT2D eigenvalue weighted by Gasteiger charge is 2.29. The first-order valence-electron chi connectivity index (χ1n) is 3.42. The van der Waals surface area contributed by atoms with Gasteiger partial charge in [0.05, 0.1) is 6.10 Å². The summed E-state index contributed by atoms with van der Waals surface area (Å²) >= 11 is 0. The molecule has 1 aliphatic rings. The Morgan fingerprint density at radius 3 is 2.36 bits per heavy atom. The van der Waals surface area contributed by atoms with Gasteiger partial charge in [-0.1, -0.05) is 0 Å². The van der Waals surface area contributed by atoms with E-state index in [1.54, 1.807) is 0 Å². The van der Waals surface area contributed by atoms with Crippen LogP contribution in [-0.2, 0) is 10.2 Å². The van der Waals surface area contributed by atoms with Crippen LogP contribution in [0.5, 0.6) is 0 Å². The lowest BCUT2D eigenvalue weighted by Gasteiger charge is -2.31. The highest BCUT2D eigenvalue weighted by Crippen LogP contribution is 2.19. The van der Waals surface area contributed by atoms with Gasteiger partial charge in [0.2, 0.25) is 0 Å². The van der Waals surface area contributed by atoms with Crippen molar-refractivity contribution in [1.29, 1.82) is 0 Å². The smallest absolute Gasteiger partial charge is 0.276 e. The third-order valence-corrected chi connectivity index (χ3v) is 2.88. The van der Waals surface area contributed by atoms with Crippen molar-refractivity contribution < 1.29 is 13.5 Å². The standard InChI is InChI=1S/C5H12N2O3S/c1-6-11(9,10)7-4-2-5(8)3-4/h4-8H,2-3H2,1H3. The summed E-state index contributed by atoms with van der Waals surface area (Å²) in [5, 5.41) is 8.83. The van der Waals surface area contributed by atoms with E-state index in [4.69, 9.17) is 5.11 Å². The molecule has 0 amide bonds. The van der Waals surface area contributed by atoms with Crippen molar-refractivity contribution in [1.82, 2.24) is 9.44 Å². The molecule has 0 saturated heterocycles. The van der Waals surface area contributed by atoms with Gasteiger partial charge in [-0.15, -0.1) is 0 Å². The largest absolute Gasteiger partial charge is 0.393 e. The summed E-state index contributed by atoms with van der Waals surface area (Å²) < 4.78 is 26.1. The Labute approximate surface area is 66.0 Å². The minimum absolute atomic E-state index is 0.0950. The Morgan fingerprint density at radius 2 is 2.00 bits per heavy atom. The molecule has 0 aromatic rings.